The molecule has 0 radical (unpaired) electrons. The summed E-state index contributed by atoms with van der Waals surface area (Å²) < 4.78 is 11.0. The standard InChI is InChI=1S/C115H98B2N4O/c1-111(2,3)76-55-57-96-89(61-76)90-62-77(112(4,5)6)56-58-97(90)119(96)81-67-102-107-103(68-81)121(110-87(73-41-24-17-25-42-73)65-79(114(10,11)12)66-88(110)74-43-26-18-27-44-74)100-70-104-95(69-94(100)116(107)92-51-32-34-53-98(92)118(102)80-45-28-19-29-46-80)117-93-52-33-35-54-99(93)120(109-85(71-37-20-15-21-38-71)63-78(113(7,8)9)64-86(109)72-39-22-16-23-40-72)101-59-75(60-105(122-104)108(101)117)82-48-36-49-84-83-47-30-31-50-91(83)115(13,14)106(82)84/h15-70H,1-14H3. The molecule has 0 saturated heterocycles. The highest BCUT2D eigenvalue weighted by molar-refractivity contribution is 7.02. The number of nitrogens with zero attached hydrogens (tertiary/aromatic N) is 4. The molecule has 0 fully saturated rings. The molecule has 22 rings (SSSR count). The van der Waals surface area contributed by atoms with E-state index in [1.807, 2.05) is 0 Å². The average Bonchev–Trinajstić information content (AvgIpc) is 0.781. The predicted molar refractivity (Wildman–Crippen MR) is 520 cm³/mol. The summed E-state index contributed by atoms with van der Waals surface area (Å²) in [7, 11) is 0. The SMILES string of the molecule is CC(C)(C)c1cc(-c2ccccc2)c(N2c3ccccc3B3c4cc5c(cc4Oc4cc(-c6cccc7c6C(C)(C)c6ccccc6-7)cc2c43)N(c2c(-c3ccccc3)cc(C(C)(C)C)cc2-c2ccccc2)c2cc(-n3c4ccc(C(C)(C)C)cc4c4cc(C(C)(C)C)ccc43)cc3c2B5c2ccccc2N3c2ccccc2)c(-c2ccccc2)c1. The van der Waals surface area contributed by atoms with E-state index in [1.165, 1.54) is 82.7 Å². The van der Waals surface area contributed by atoms with Crippen LogP contribution in [0.4, 0.5) is 51.2 Å². The Hall–Kier alpha value is -13.4. The van der Waals surface area contributed by atoms with Crippen molar-refractivity contribution in [3.8, 4) is 83.9 Å². The smallest absolute Gasteiger partial charge is 0.256 e. The third kappa shape index (κ3) is 11.7. The molecule has 0 N–H and O–H groups in total. The van der Waals surface area contributed by atoms with Crippen LogP contribution in [-0.2, 0) is 27.1 Å². The molecule has 0 spiro atoms. The van der Waals surface area contributed by atoms with Crippen LogP contribution in [0.2, 0.25) is 0 Å². The van der Waals surface area contributed by atoms with Gasteiger partial charge in [-0.1, -0.05) is 334 Å². The monoisotopic (exact) mass is 1570 g/mol. The molecule has 590 valence electrons. The van der Waals surface area contributed by atoms with Gasteiger partial charge in [0.15, 0.2) is 0 Å². The van der Waals surface area contributed by atoms with Crippen molar-refractivity contribution < 1.29 is 4.74 Å². The van der Waals surface area contributed by atoms with Gasteiger partial charge in [0.05, 0.1) is 28.1 Å². The van der Waals surface area contributed by atoms with Gasteiger partial charge in [-0.3, -0.25) is 0 Å². The third-order valence-electron chi connectivity index (χ3n) is 27.2. The Balaban J connectivity index is 0.886. The van der Waals surface area contributed by atoms with E-state index in [0.29, 0.717) is 0 Å². The topological polar surface area (TPSA) is 23.9 Å². The first kappa shape index (κ1) is 74.9. The summed E-state index contributed by atoms with van der Waals surface area (Å²) in [6, 6.07) is 130. The van der Waals surface area contributed by atoms with Gasteiger partial charge in [-0.25, -0.2) is 0 Å². The maximum Gasteiger partial charge on any atom is 0.256 e. The first-order valence-electron chi connectivity index (χ1n) is 43.6. The van der Waals surface area contributed by atoms with Gasteiger partial charge in [-0.2, -0.15) is 0 Å². The minimum Gasteiger partial charge on any atom is -0.458 e. The van der Waals surface area contributed by atoms with Crippen molar-refractivity contribution in [3.05, 3.63) is 373 Å². The zero-order valence-electron chi connectivity index (χ0n) is 72.2. The lowest BCUT2D eigenvalue weighted by atomic mass is 9.30. The lowest BCUT2D eigenvalue weighted by Gasteiger charge is -2.46. The highest BCUT2D eigenvalue weighted by atomic mass is 16.5. The second kappa shape index (κ2) is 27.3. The summed E-state index contributed by atoms with van der Waals surface area (Å²) >= 11 is 0. The minimum atomic E-state index is -0.328. The Morgan fingerprint density at radius 3 is 1.17 bits per heavy atom. The molecular formula is C115H98B2N4O. The number of hydrogen-bond donors (Lipinski definition) is 0. The van der Waals surface area contributed by atoms with Gasteiger partial charge in [0.2, 0.25) is 0 Å². The first-order chi connectivity index (χ1) is 58.8. The van der Waals surface area contributed by atoms with Crippen molar-refractivity contribution in [2.45, 2.75) is 124 Å². The maximum absolute atomic E-state index is 8.38. The molecule has 7 heteroatoms. The van der Waals surface area contributed by atoms with E-state index >= 15 is 0 Å². The van der Waals surface area contributed by atoms with Gasteiger partial charge in [-0.15, -0.1) is 0 Å². The third-order valence-corrected chi connectivity index (χ3v) is 27.2. The number of para-hydroxylation sites is 3. The fraction of sp³-hybridized carbons (Fsp3) is 0.165. The number of aromatic nitrogens is 1. The molecule has 4 aliphatic heterocycles. The molecule has 0 bridgehead atoms. The van der Waals surface area contributed by atoms with Crippen LogP contribution in [0.3, 0.4) is 0 Å². The van der Waals surface area contributed by atoms with E-state index in [0.717, 1.165) is 140 Å². The van der Waals surface area contributed by atoms with Gasteiger partial charge in [0, 0.05) is 84.3 Å². The minimum absolute atomic E-state index is 0.0943. The van der Waals surface area contributed by atoms with Gasteiger partial charge in [-0.05, 0) is 229 Å². The number of rotatable bonds is 9. The van der Waals surface area contributed by atoms with E-state index in [1.54, 1.807) is 0 Å². The first-order valence-corrected chi connectivity index (χ1v) is 43.6. The maximum atomic E-state index is 8.38. The molecule has 0 saturated carbocycles. The van der Waals surface area contributed by atoms with Crippen LogP contribution in [0, 0.1) is 0 Å². The van der Waals surface area contributed by atoms with Crippen LogP contribution >= 0.6 is 0 Å². The quantitative estimate of drug-likeness (QED) is 0.134. The van der Waals surface area contributed by atoms with Crippen molar-refractivity contribution in [2.75, 3.05) is 14.7 Å². The molecule has 1 aliphatic carbocycles. The van der Waals surface area contributed by atoms with Crippen molar-refractivity contribution in [3.63, 3.8) is 0 Å². The van der Waals surface area contributed by atoms with Crippen LogP contribution in [0.25, 0.3) is 94.3 Å². The Bertz CT molecular complexity index is 6980. The van der Waals surface area contributed by atoms with Crippen molar-refractivity contribution >= 4 is 119 Å². The van der Waals surface area contributed by atoms with E-state index in [2.05, 4.69) is 456 Å². The normalized spacial score (nSPS) is 14.0. The lowest BCUT2D eigenvalue weighted by molar-refractivity contribution is 0.488. The number of anilines is 9. The Morgan fingerprint density at radius 2 is 0.672 bits per heavy atom. The Kier molecular flexibility index (Phi) is 16.8. The summed E-state index contributed by atoms with van der Waals surface area (Å²) in [5.41, 5.74) is 41.3. The fourth-order valence-corrected chi connectivity index (χ4v) is 21.0. The van der Waals surface area contributed by atoms with Crippen LogP contribution in [0.15, 0.2) is 340 Å². The summed E-state index contributed by atoms with van der Waals surface area (Å²) in [6.07, 6.45) is 0. The molecule has 17 aromatic rings. The van der Waals surface area contributed by atoms with E-state index < -0.39 is 0 Å². The fourth-order valence-electron chi connectivity index (χ4n) is 21.0. The Morgan fingerprint density at radius 1 is 0.262 bits per heavy atom. The molecule has 16 aromatic carbocycles. The molecule has 5 heterocycles. The molecule has 5 aliphatic rings. The molecule has 0 atom stereocenters. The zero-order valence-corrected chi connectivity index (χ0v) is 72.2. The van der Waals surface area contributed by atoms with E-state index in [9.17, 15) is 0 Å². The van der Waals surface area contributed by atoms with Crippen molar-refractivity contribution in [1.82, 2.24) is 4.57 Å². The predicted octanol–water partition coefficient (Wildman–Crippen LogP) is 27.1. The number of fused-ring (bicyclic) bond motifs is 14. The van der Waals surface area contributed by atoms with Crippen LogP contribution in [-0.4, -0.2) is 18.0 Å². The number of benzene rings is 16. The van der Waals surface area contributed by atoms with Crippen molar-refractivity contribution in [2.24, 2.45) is 0 Å². The van der Waals surface area contributed by atoms with Crippen LogP contribution in [0.1, 0.15) is 130 Å². The van der Waals surface area contributed by atoms with Gasteiger partial charge in [0.25, 0.3) is 13.4 Å². The van der Waals surface area contributed by atoms with Gasteiger partial charge in [0.1, 0.15) is 11.5 Å². The molecule has 122 heavy (non-hydrogen) atoms. The lowest BCUT2D eigenvalue weighted by Crippen LogP contribution is -2.64. The summed E-state index contributed by atoms with van der Waals surface area (Å²) in [5.74, 6) is 1.66. The second-order valence-electron chi connectivity index (χ2n) is 39.2. The molecule has 5 nitrogen and oxygen atoms in total. The van der Waals surface area contributed by atoms with E-state index in [4.69, 9.17) is 4.74 Å². The highest BCUT2D eigenvalue weighted by Crippen LogP contribution is 2.58. The zero-order chi connectivity index (χ0) is 83.4. The molecule has 0 amide bonds. The van der Waals surface area contributed by atoms with Gasteiger partial charge < -0.3 is 24.0 Å². The summed E-state index contributed by atoms with van der Waals surface area (Å²) in [6.45, 7) is 32.4. The van der Waals surface area contributed by atoms with Crippen LogP contribution in [0.5, 0.6) is 11.5 Å². The molecule has 1 aromatic heterocycles. The van der Waals surface area contributed by atoms with Gasteiger partial charge >= 0.3 is 0 Å². The molecule has 0 unspecified atom stereocenters. The molecular weight excluding hydrogens is 1470 g/mol. The highest BCUT2D eigenvalue weighted by Gasteiger charge is 2.50. The Labute approximate surface area is 719 Å². The number of hydrogen-bond acceptors (Lipinski definition) is 4. The van der Waals surface area contributed by atoms with Crippen molar-refractivity contribution in [1.29, 1.82) is 0 Å². The average molecular weight is 1570 g/mol. The summed E-state index contributed by atoms with van der Waals surface area (Å²) in [5, 5.41) is 2.48. The number of ether oxygens (including phenoxy) is 1. The van der Waals surface area contributed by atoms with E-state index in [-0.39, 0.29) is 40.5 Å². The largest absolute Gasteiger partial charge is 0.458 e. The summed E-state index contributed by atoms with van der Waals surface area (Å²) in [4.78, 5) is 7.95. The van der Waals surface area contributed by atoms with Crippen LogP contribution < -0.4 is 52.2 Å². The second-order valence-corrected chi connectivity index (χ2v) is 39.2.